The van der Waals surface area contributed by atoms with Crippen molar-refractivity contribution < 1.29 is 18.7 Å². The molecule has 3 aromatic rings. The molecule has 2 aromatic heterocycles. The Morgan fingerprint density at radius 1 is 1.28 bits per heavy atom. The molecular weight excluding hydrogens is 340 g/mol. The van der Waals surface area contributed by atoms with Gasteiger partial charge in [0.05, 0.1) is 17.9 Å². The highest BCUT2D eigenvalue weighted by atomic mass is 32.1. The van der Waals surface area contributed by atoms with Gasteiger partial charge in [0.25, 0.3) is 0 Å². The van der Waals surface area contributed by atoms with E-state index in [0.717, 1.165) is 4.88 Å². The van der Waals surface area contributed by atoms with Gasteiger partial charge in [-0.1, -0.05) is 6.07 Å². The Kier molecular flexibility index (Phi) is 5.35. The maximum Gasteiger partial charge on any atom is 0.309 e. The minimum atomic E-state index is -0.351. The number of ether oxygens (including phenoxy) is 2. The SMILES string of the molecule is Cc1oc(-c2cccs2)nc1COC(=O)CCOc1ccc(N)cc1. The normalized spacial score (nSPS) is 10.6. The van der Waals surface area contributed by atoms with Crippen LogP contribution in [0, 0.1) is 6.92 Å². The zero-order chi connectivity index (χ0) is 17.6. The summed E-state index contributed by atoms with van der Waals surface area (Å²) in [6.45, 7) is 2.12. The topological polar surface area (TPSA) is 87.6 Å². The van der Waals surface area contributed by atoms with E-state index in [4.69, 9.17) is 19.6 Å². The second kappa shape index (κ2) is 7.85. The standard InChI is InChI=1S/C18H18N2O4S/c1-12-15(20-18(24-12)16-3-2-10-25-16)11-23-17(21)8-9-22-14-6-4-13(19)5-7-14/h2-7,10H,8-9,11,19H2,1H3. The Balaban J connectivity index is 1.45. The summed E-state index contributed by atoms with van der Waals surface area (Å²) in [4.78, 5) is 17.2. The lowest BCUT2D eigenvalue weighted by atomic mass is 10.3. The Morgan fingerprint density at radius 2 is 2.08 bits per heavy atom. The van der Waals surface area contributed by atoms with Crippen LogP contribution in [0.25, 0.3) is 10.8 Å². The van der Waals surface area contributed by atoms with Gasteiger partial charge in [-0.15, -0.1) is 11.3 Å². The first kappa shape index (κ1) is 17.0. The second-order valence-electron chi connectivity index (χ2n) is 5.33. The summed E-state index contributed by atoms with van der Waals surface area (Å²) in [6.07, 6.45) is 0.152. The van der Waals surface area contributed by atoms with Crippen molar-refractivity contribution in [3.05, 3.63) is 53.2 Å². The molecule has 7 heteroatoms. The lowest BCUT2D eigenvalue weighted by molar-refractivity contribution is -0.145. The molecule has 0 aliphatic rings. The van der Waals surface area contributed by atoms with Gasteiger partial charge in [0.15, 0.2) is 0 Å². The van der Waals surface area contributed by atoms with Crippen molar-refractivity contribution in [2.24, 2.45) is 0 Å². The highest BCUT2D eigenvalue weighted by Crippen LogP contribution is 2.26. The van der Waals surface area contributed by atoms with Crippen LogP contribution >= 0.6 is 11.3 Å². The number of thiophene rings is 1. The van der Waals surface area contributed by atoms with Gasteiger partial charge in [-0.2, -0.15) is 0 Å². The second-order valence-corrected chi connectivity index (χ2v) is 6.28. The fourth-order valence-electron chi connectivity index (χ4n) is 2.10. The van der Waals surface area contributed by atoms with E-state index in [2.05, 4.69) is 4.98 Å². The number of rotatable bonds is 7. The summed E-state index contributed by atoms with van der Waals surface area (Å²) >= 11 is 1.54. The lowest BCUT2D eigenvalue weighted by Crippen LogP contribution is -2.10. The minimum Gasteiger partial charge on any atom is -0.493 e. The smallest absolute Gasteiger partial charge is 0.309 e. The van der Waals surface area contributed by atoms with Crippen LogP contribution < -0.4 is 10.5 Å². The first-order chi connectivity index (χ1) is 12.1. The Labute approximate surface area is 149 Å². The highest BCUT2D eigenvalue weighted by molar-refractivity contribution is 7.13. The molecule has 0 saturated carbocycles. The molecule has 0 fully saturated rings. The molecule has 25 heavy (non-hydrogen) atoms. The maximum absolute atomic E-state index is 11.8. The quantitative estimate of drug-likeness (QED) is 0.510. The number of hydrogen-bond donors (Lipinski definition) is 1. The summed E-state index contributed by atoms with van der Waals surface area (Å²) in [5, 5.41) is 1.95. The number of anilines is 1. The van der Waals surface area contributed by atoms with Crippen LogP contribution in [0.1, 0.15) is 17.9 Å². The van der Waals surface area contributed by atoms with Gasteiger partial charge < -0.3 is 19.6 Å². The number of nitrogen functional groups attached to an aromatic ring is 1. The van der Waals surface area contributed by atoms with Crippen molar-refractivity contribution in [1.82, 2.24) is 4.98 Å². The van der Waals surface area contributed by atoms with Crippen molar-refractivity contribution >= 4 is 23.0 Å². The minimum absolute atomic E-state index is 0.0847. The number of benzene rings is 1. The first-order valence-corrected chi connectivity index (χ1v) is 8.64. The van der Waals surface area contributed by atoms with E-state index in [1.54, 1.807) is 42.5 Å². The van der Waals surface area contributed by atoms with Gasteiger partial charge in [0.1, 0.15) is 23.8 Å². The molecule has 0 atom stereocenters. The highest BCUT2D eigenvalue weighted by Gasteiger charge is 2.14. The molecule has 0 unspecified atom stereocenters. The van der Waals surface area contributed by atoms with Crippen molar-refractivity contribution in [1.29, 1.82) is 0 Å². The van der Waals surface area contributed by atoms with Crippen LogP contribution in [0.5, 0.6) is 5.75 Å². The van der Waals surface area contributed by atoms with E-state index in [0.29, 0.717) is 28.8 Å². The van der Waals surface area contributed by atoms with E-state index in [9.17, 15) is 4.79 Å². The van der Waals surface area contributed by atoms with Crippen LogP contribution in [0.4, 0.5) is 5.69 Å². The summed E-state index contributed by atoms with van der Waals surface area (Å²) in [7, 11) is 0. The molecule has 6 nitrogen and oxygen atoms in total. The zero-order valence-electron chi connectivity index (χ0n) is 13.7. The monoisotopic (exact) mass is 358 g/mol. The predicted molar refractivity (Wildman–Crippen MR) is 95.3 cm³/mol. The predicted octanol–water partition coefficient (Wildman–Crippen LogP) is 3.81. The molecule has 0 saturated heterocycles. The van der Waals surface area contributed by atoms with Gasteiger partial charge in [-0.25, -0.2) is 4.98 Å². The molecule has 130 valence electrons. The Bertz CT molecular complexity index is 825. The fourth-order valence-corrected chi connectivity index (χ4v) is 2.75. The third kappa shape index (κ3) is 4.60. The maximum atomic E-state index is 11.8. The van der Waals surface area contributed by atoms with E-state index in [1.807, 2.05) is 17.5 Å². The largest absolute Gasteiger partial charge is 0.493 e. The van der Waals surface area contributed by atoms with Gasteiger partial charge in [0, 0.05) is 5.69 Å². The Hall–Kier alpha value is -2.80. The van der Waals surface area contributed by atoms with E-state index < -0.39 is 0 Å². The zero-order valence-corrected chi connectivity index (χ0v) is 14.5. The first-order valence-electron chi connectivity index (χ1n) is 7.76. The number of esters is 1. The fraction of sp³-hybridized carbons (Fsp3) is 0.222. The molecule has 0 bridgehead atoms. The molecule has 0 aliphatic carbocycles. The van der Waals surface area contributed by atoms with Crippen LogP contribution in [-0.2, 0) is 16.1 Å². The lowest BCUT2D eigenvalue weighted by Gasteiger charge is -2.06. The van der Waals surface area contributed by atoms with Gasteiger partial charge >= 0.3 is 5.97 Å². The molecule has 0 radical (unpaired) electrons. The van der Waals surface area contributed by atoms with E-state index in [1.165, 1.54) is 0 Å². The number of carbonyl (C=O) groups excluding carboxylic acids is 1. The average molecular weight is 358 g/mol. The molecule has 1 aromatic carbocycles. The van der Waals surface area contributed by atoms with Gasteiger partial charge in [-0.3, -0.25) is 4.79 Å². The number of oxazole rings is 1. The summed E-state index contributed by atoms with van der Waals surface area (Å²) in [5.41, 5.74) is 6.89. The number of aryl methyl sites for hydroxylation is 1. The van der Waals surface area contributed by atoms with E-state index >= 15 is 0 Å². The third-order valence-corrected chi connectivity index (χ3v) is 4.31. The van der Waals surface area contributed by atoms with Crippen LogP contribution in [0.2, 0.25) is 0 Å². The third-order valence-electron chi connectivity index (χ3n) is 3.45. The number of nitrogens with zero attached hydrogens (tertiary/aromatic N) is 1. The molecule has 0 spiro atoms. The van der Waals surface area contributed by atoms with Crippen molar-refractivity contribution in [3.63, 3.8) is 0 Å². The molecule has 0 aliphatic heterocycles. The van der Waals surface area contributed by atoms with Crippen LogP contribution in [0.15, 0.2) is 46.2 Å². The Morgan fingerprint density at radius 3 is 2.80 bits per heavy atom. The number of nitrogens with two attached hydrogens (primary N) is 1. The van der Waals surface area contributed by atoms with Gasteiger partial charge in [0.2, 0.25) is 5.89 Å². The van der Waals surface area contributed by atoms with Crippen molar-refractivity contribution in [2.45, 2.75) is 20.0 Å². The van der Waals surface area contributed by atoms with Crippen LogP contribution in [-0.4, -0.2) is 17.6 Å². The van der Waals surface area contributed by atoms with Crippen molar-refractivity contribution in [3.8, 4) is 16.5 Å². The van der Waals surface area contributed by atoms with E-state index in [-0.39, 0.29) is 25.6 Å². The molecular formula is C18H18N2O4S. The molecule has 2 heterocycles. The molecule has 2 N–H and O–H groups in total. The number of carbonyl (C=O) groups is 1. The van der Waals surface area contributed by atoms with Crippen LogP contribution in [0.3, 0.4) is 0 Å². The number of hydrogen-bond acceptors (Lipinski definition) is 7. The number of aromatic nitrogens is 1. The van der Waals surface area contributed by atoms with Crippen molar-refractivity contribution in [2.75, 3.05) is 12.3 Å². The molecule has 3 rings (SSSR count). The summed E-state index contributed by atoms with van der Waals surface area (Å²) in [5.74, 6) is 1.50. The average Bonchev–Trinajstić information content (AvgIpc) is 3.24. The molecule has 0 amide bonds. The summed E-state index contributed by atoms with van der Waals surface area (Å²) < 4.78 is 16.3. The van der Waals surface area contributed by atoms with Gasteiger partial charge in [-0.05, 0) is 42.6 Å². The summed E-state index contributed by atoms with van der Waals surface area (Å²) in [6, 6.07) is 10.9.